The van der Waals surface area contributed by atoms with Gasteiger partial charge in [0.1, 0.15) is 0 Å². The van der Waals surface area contributed by atoms with Crippen molar-refractivity contribution in [2.75, 3.05) is 6.61 Å². The Bertz CT molecular complexity index is 70.2. The van der Waals surface area contributed by atoms with Crippen molar-refractivity contribution < 1.29 is 4.74 Å². The van der Waals surface area contributed by atoms with Gasteiger partial charge in [-0.2, -0.15) is 0 Å². The molecule has 1 aliphatic rings. The molecule has 0 N–H and O–H groups in total. The van der Waals surface area contributed by atoms with Gasteiger partial charge in [0.05, 0.1) is 6.10 Å². The summed E-state index contributed by atoms with van der Waals surface area (Å²) in [6.07, 6.45) is 4.36. The minimum atomic E-state index is 0.597. The highest BCUT2D eigenvalue weighted by Crippen LogP contribution is 2.13. The van der Waals surface area contributed by atoms with Gasteiger partial charge in [0.25, 0.3) is 0 Å². The predicted molar refractivity (Wildman–Crippen MR) is 49.8 cm³/mol. The monoisotopic (exact) mass is 158 g/mol. The fourth-order valence-corrected chi connectivity index (χ4v) is 0.966. The van der Waals surface area contributed by atoms with Crippen molar-refractivity contribution in [2.24, 2.45) is 5.92 Å². The van der Waals surface area contributed by atoms with Gasteiger partial charge in [0, 0.05) is 6.61 Å². The van der Waals surface area contributed by atoms with Crippen molar-refractivity contribution in [2.45, 2.75) is 53.1 Å². The summed E-state index contributed by atoms with van der Waals surface area (Å²) < 4.78 is 5.30. The van der Waals surface area contributed by atoms with E-state index >= 15 is 0 Å². The molecule has 1 aliphatic heterocycles. The predicted octanol–water partition coefficient (Wildman–Crippen LogP) is 3.24. The Hall–Kier alpha value is -0.0400. The quantitative estimate of drug-likeness (QED) is 0.569. The largest absolute Gasteiger partial charge is 0.378 e. The Balaban J connectivity index is 0.000000218. The van der Waals surface area contributed by atoms with Gasteiger partial charge in [-0.15, -0.1) is 0 Å². The molecule has 1 heteroatoms. The highest BCUT2D eigenvalue weighted by atomic mass is 16.5. The average molecular weight is 158 g/mol. The molecule has 11 heavy (non-hydrogen) atoms. The third kappa shape index (κ3) is 7.86. The van der Waals surface area contributed by atoms with E-state index in [-0.39, 0.29) is 0 Å². The van der Waals surface area contributed by atoms with E-state index in [0.29, 0.717) is 6.10 Å². The smallest absolute Gasteiger partial charge is 0.0573 e. The van der Waals surface area contributed by atoms with E-state index in [4.69, 9.17) is 4.74 Å². The van der Waals surface area contributed by atoms with E-state index in [1.807, 2.05) is 0 Å². The van der Waals surface area contributed by atoms with Gasteiger partial charge < -0.3 is 4.74 Å². The fourth-order valence-electron chi connectivity index (χ4n) is 0.966. The minimum absolute atomic E-state index is 0.597. The van der Waals surface area contributed by atoms with Crippen LogP contribution in [-0.4, -0.2) is 12.7 Å². The first-order valence-electron chi connectivity index (χ1n) is 4.78. The maximum absolute atomic E-state index is 5.30. The third-order valence-corrected chi connectivity index (χ3v) is 1.48. The van der Waals surface area contributed by atoms with Crippen LogP contribution < -0.4 is 0 Å². The molecule has 0 spiro atoms. The van der Waals surface area contributed by atoms with Crippen LogP contribution in [0.4, 0.5) is 0 Å². The SMILES string of the molecule is CC(C)C.CCC1CCCO1. The fraction of sp³-hybridized carbons (Fsp3) is 1.00. The molecule has 0 radical (unpaired) electrons. The molecule has 0 aromatic rings. The van der Waals surface area contributed by atoms with E-state index in [2.05, 4.69) is 27.7 Å². The molecule has 68 valence electrons. The van der Waals surface area contributed by atoms with Crippen LogP contribution in [0.5, 0.6) is 0 Å². The summed E-state index contributed by atoms with van der Waals surface area (Å²) in [5, 5.41) is 0. The Kier molecular flexibility index (Phi) is 6.63. The van der Waals surface area contributed by atoms with Gasteiger partial charge in [-0.25, -0.2) is 0 Å². The number of hydrogen-bond acceptors (Lipinski definition) is 1. The van der Waals surface area contributed by atoms with E-state index in [1.54, 1.807) is 0 Å². The summed E-state index contributed by atoms with van der Waals surface area (Å²) in [7, 11) is 0. The second-order valence-electron chi connectivity index (χ2n) is 3.78. The summed E-state index contributed by atoms with van der Waals surface area (Å²) in [6.45, 7) is 9.68. The third-order valence-electron chi connectivity index (χ3n) is 1.48. The van der Waals surface area contributed by atoms with Crippen LogP contribution in [0.2, 0.25) is 0 Å². The standard InChI is InChI=1S/C6H12O.C4H10/c1-2-6-4-3-5-7-6;1-4(2)3/h6H,2-5H2,1H3;4H,1-3H3. The van der Waals surface area contributed by atoms with Crippen molar-refractivity contribution in [3.63, 3.8) is 0 Å². The van der Waals surface area contributed by atoms with Crippen LogP contribution in [0.25, 0.3) is 0 Å². The van der Waals surface area contributed by atoms with Crippen LogP contribution in [0.1, 0.15) is 47.0 Å². The first-order chi connectivity index (χ1) is 5.16. The molecule has 0 aliphatic carbocycles. The second kappa shape index (κ2) is 6.66. The van der Waals surface area contributed by atoms with Crippen LogP contribution >= 0.6 is 0 Å². The van der Waals surface area contributed by atoms with Gasteiger partial charge in [-0.1, -0.05) is 27.7 Å². The van der Waals surface area contributed by atoms with Gasteiger partial charge >= 0.3 is 0 Å². The van der Waals surface area contributed by atoms with E-state index in [1.165, 1.54) is 19.3 Å². The van der Waals surface area contributed by atoms with E-state index in [9.17, 15) is 0 Å². The first kappa shape index (κ1) is 11.0. The molecule has 1 nitrogen and oxygen atoms in total. The first-order valence-corrected chi connectivity index (χ1v) is 4.78. The Morgan fingerprint density at radius 2 is 1.91 bits per heavy atom. The van der Waals surface area contributed by atoms with Crippen molar-refractivity contribution >= 4 is 0 Å². The molecule has 1 atom stereocenters. The Morgan fingerprint density at radius 3 is 2.09 bits per heavy atom. The molecule has 0 amide bonds. The maximum Gasteiger partial charge on any atom is 0.0573 e. The van der Waals surface area contributed by atoms with Gasteiger partial charge in [-0.3, -0.25) is 0 Å². The number of ether oxygens (including phenoxy) is 1. The minimum Gasteiger partial charge on any atom is -0.378 e. The van der Waals surface area contributed by atoms with Crippen molar-refractivity contribution in [1.82, 2.24) is 0 Å². The molecule has 1 rings (SSSR count). The molecule has 0 aromatic heterocycles. The van der Waals surface area contributed by atoms with Crippen LogP contribution in [-0.2, 0) is 4.74 Å². The van der Waals surface area contributed by atoms with E-state index in [0.717, 1.165) is 12.5 Å². The normalized spacial score (nSPS) is 23.2. The van der Waals surface area contributed by atoms with Gasteiger partial charge in [0.2, 0.25) is 0 Å². The average Bonchev–Trinajstić information content (AvgIpc) is 2.36. The zero-order chi connectivity index (χ0) is 8.69. The van der Waals surface area contributed by atoms with Crippen LogP contribution in [0, 0.1) is 5.92 Å². The molecule has 1 fully saturated rings. The summed E-state index contributed by atoms with van der Waals surface area (Å²) in [6, 6.07) is 0. The summed E-state index contributed by atoms with van der Waals surface area (Å²) >= 11 is 0. The molecule has 1 saturated heterocycles. The maximum atomic E-state index is 5.30. The lowest BCUT2D eigenvalue weighted by Crippen LogP contribution is -2.00. The zero-order valence-electron chi connectivity index (χ0n) is 8.39. The lowest BCUT2D eigenvalue weighted by atomic mass is 10.2. The summed E-state index contributed by atoms with van der Waals surface area (Å²) in [5.74, 6) is 0.833. The highest BCUT2D eigenvalue weighted by Gasteiger charge is 2.11. The van der Waals surface area contributed by atoms with Gasteiger partial charge in [0.15, 0.2) is 0 Å². The van der Waals surface area contributed by atoms with Crippen LogP contribution in [0.15, 0.2) is 0 Å². The molecule has 0 bridgehead atoms. The van der Waals surface area contributed by atoms with Crippen molar-refractivity contribution in [3.8, 4) is 0 Å². The molecule has 0 aromatic carbocycles. The second-order valence-corrected chi connectivity index (χ2v) is 3.78. The lowest BCUT2D eigenvalue weighted by Gasteiger charge is -2.01. The van der Waals surface area contributed by atoms with Crippen LogP contribution in [0.3, 0.4) is 0 Å². The molecular formula is C10H22O. The summed E-state index contributed by atoms with van der Waals surface area (Å²) in [5.41, 5.74) is 0. The number of hydrogen-bond donors (Lipinski definition) is 0. The molecular weight excluding hydrogens is 136 g/mol. The highest BCUT2D eigenvalue weighted by molar-refractivity contribution is 4.60. The molecule has 1 heterocycles. The zero-order valence-corrected chi connectivity index (χ0v) is 8.39. The lowest BCUT2D eigenvalue weighted by molar-refractivity contribution is 0.108. The van der Waals surface area contributed by atoms with E-state index < -0.39 is 0 Å². The molecule has 1 unspecified atom stereocenters. The van der Waals surface area contributed by atoms with Gasteiger partial charge in [-0.05, 0) is 25.2 Å². The Labute approximate surface area is 71.1 Å². The topological polar surface area (TPSA) is 9.23 Å². The summed E-state index contributed by atoms with van der Waals surface area (Å²) in [4.78, 5) is 0. The van der Waals surface area contributed by atoms with Crippen molar-refractivity contribution in [1.29, 1.82) is 0 Å². The molecule has 0 saturated carbocycles. The number of rotatable bonds is 1. The van der Waals surface area contributed by atoms with Crippen molar-refractivity contribution in [3.05, 3.63) is 0 Å². The Morgan fingerprint density at radius 1 is 1.36 bits per heavy atom.